The van der Waals surface area contributed by atoms with E-state index in [2.05, 4.69) is 125 Å². The number of aromatic nitrogens is 4. The van der Waals surface area contributed by atoms with Crippen LogP contribution in [0.15, 0.2) is 152 Å². The molecule has 0 aliphatic carbocycles. The number of hydrogen-bond donors (Lipinski definition) is 0. The molecule has 0 radical (unpaired) electrons. The van der Waals surface area contributed by atoms with Crippen LogP contribution >= 0.6 is 0 Å². The minimum absolute atomic E-state index is 0.746. The number of hydrogen-bond acceptors (Lipinski definition) is 1. The Morgan fingerprint density at radius 2 is 1.11 bits per heavy atom. The Morgan fingerprint density at radius 3 is 1.80 bits per heavy atom. The van der Waals surface area contributed by atoms with Crippen LogP contribution < -0.4 is 13.9 Å². The molecule has 0 N–H and O–H groups in total. The van der Waals surface area contributed by atoms with Gasteiger partial charge >= 0.3 is 0 Å². The average Bonchev–Trinajstić information content (AvgIpc) is 3.73. The Labute approximate surface area is 267 Å². The molecule has 0 saturated heterocycles. The predicted octanol–water partition coefficient (Wildman–Crippen LogP) is 8.23. The first-order valence-corrected chi connectivity index (χ1v) is 15.3. The zero-order chi connectivity index (χ0) is 30.6. The van der Waals surface area contributed by atoms with E-state index >= 15 is 0 Å². The molecule has 5 nitrogen and oxygen atoms in total. The molecular weight excluding hydrogens is 564 g/mol. The van der Waals surface area contributed by atoms with E-state index in [9.17, 15) is 0 Å². The summed E-state index contributed by atoms with van der Waals surface area (Å²) in [6.07, 6.45) is 10.9. The molecule has 3 heterocycles. The van der Waals surface area contributed by atoms with Gasteiger partial charge in [0.05, 0.1) is 35.1 Å². The fourth-order valence-electron chi connectivity index (χ4n) is 6.61. The maximum Gasteiger partial charge on any atom is 0.269 e. The Bertz CT molecular complexity index is 2430. The minimum atomic E-state index is 0.746. The average molecular weight is 593 g/mol. The van der Waals surface area contributed by atoms with E-state index in [1.54, 1.807) is 0 Å². The molecule has 5 heteroatoms. The number of ether oxygens (including phenoxy) is 1. The lowest BCUT2D eigenvalue weighted by atomic mass is 9.89. The van der Waals surface area contributed by atoms with Crippen molar-refractivity contribution in [3.05, 3.63) is 165 Å². The highest BCUT2D eigenvalue weighted by Crippen LogP contribution is 2.42. The molecule has 0 atom stereocenters. The second-order valence-corrected chi connectivity index (χ2v) is 11.5. The number of aryl methyl sites for hydroxylation is 1. The van der Waals surface area contributed by atoms with E-state index in [0.29, 0.717) is 0 Å². The van der Waals surface area contributed by atoms with Crippen LogP contribution in [0.1, 0.15) is 0 Å². The van der Waals surface area contributed by atoms with Crippen LogP contribution in [-0.2, 0) is 7.05 Å². The monoisotopic (exact) mass is 592 g/mol. The van der Waals surface area contributed by atoms with Gasteiger partial charge in [-0.25, -0.2) is 0 Å². The van der Waals surface area contributed by atoms with Crippen molar-refractivity contribution in [3.63, 3.8) is 0 Å². The molecule has 0 spiro atoms. The van der Waals surface area contributed by atoms with Crippen LogP contribution in [-0.4, -0.2) is 9.13 Å². The van der Waals surface area contributed by atoms with Crippen molar-refractivity contribution in [2.24, 2.45) is 7.05 Å². The van der Waals surface area contributed by atoms with E-state index in [0.717, 1.165) is 50.7 Å². The van der Waals surface area contributed by atoms with Gasteiger partial charge < -0.3 is 13.9 Å². The smallest absolute Gasteiger partial charge is 0.269 e. The van der Waals surface area contributed by atoms with Crippen molar-refractivity contribution < 1.29 is 13.9 Å². The first-order chi connectivity index (χ1) is 22.7. The lowest BCUT2D eigenvalue weighted by Gasteiger charge is -2.15. The number of fused-ring (bicyclic) bond motifs is 7. The highest BCUT2D eigenvalue weighted by Gasteiger charge is 2.23. The van der Waals surface area contributed by atoms with Gasteiger partial charge in [0.1, 0.15) is 11.5 Å². The summed E-state index contributed by atoms with van der Waals surface area (Å²) in [4.78, 5) is 0. The van der Waals surface area contributed by atoms with Gasteiger partial charge in [-0.15, -0.1) is 0 Å². The van der Waals surface area contributed by atoms with Crippen LogP contribution in [0.3, 0.4) is 0 Å². The molecule has 0 bridgehead atoms. The molecule has 46 heavy (non-hydrogen) atoms. The number of nitrogens with zero attached hydrogens (tertiary/aromatic N) is 4. The molecule has 0 unspecified atom stereocenters. The largest absolute Gasteiger partial charge is 0.459 e. The lowest BCUT2D eigenvalue weighted by molar-refractivity contribution is -0.674. The minimum Gasteiger partial charge on any atom is -0.459 e. The van der Waals surface area contributed by atoms with Gasteiger partial charge in [0.25, 0.3) is 6.33 Å². The van der Waals surface area contributed by atoms with Gasteiger partial charge in [-0.05, 0) is 69.8 Å². The number of rotatable bonds is 4. The van der Waals surface area contributed by atoms with Crippen LogP contribution in [0.4, 0.5) is 0 Å². The predicted molar refractivity (Wildman–Crippen MR) is 179 cm³/mol. The fraction of sp³-hybridized carbons (Fsp3) is 0.0244. The Balaban J connectivity index is 1.22. The molecule has 1 aliphatic rings. The SMILES string of the molecule is C[n+]1[c-]n(-c2cccc(Oc3cccc(-n4[c-][n+]5c6c(cccc64)-c4ccccc4-c4ccccc4-c4ccccc4-5)c3)c2)cc1. The normalized spacial score (nSPS) is 11.6. The molecule has 0 amide bonds. The molecule has 6 aromatic carbocycles. The van der Waals surface area contributed by atoms with Gasteiger partial charge in [0, 0.05) is 12.4 Å². The standard InChI is InChI=1S/C41H28N4O/c1-42-23-24-43(27-42)29-11-8-13-31(25-29)46-32-14-9-12-30(26-32)44-28-45-39-21-7-6-19-37(39)35-17-4-2-15-33(35)34-16-3-5-18-36(34)38-20-10-22-40(44)41(38)45/h2-26H,1H3. The van der Waals surface area contributed by atoms with E-state index in [1.165, 1.54) is 22.3 Å². The second kappa shape index (κ2) is 10.5. The van der Waals surface area contributed by atoms with Crippen molar-refractivity contribution in [2.75, 3.05) is 0 Å². The molecule has 8 aromatic rings. The van der Waals surface area contributed by atoms with Crippen LogP contribution in [0.25, 0.3) is 61.5 Å². The van der Waals surface area contributed by atoms with E-state index in [-0.39, 0.29) is 0 Å². The molecule has 9 rings (SSSR count). The summed E-state index contributed by atoms with van der Waals surface area (Å²) in [6, 6.07) is 48.8. The summed E-state index contributed by atoms with van der Waals surface area (Å²) in [7, 11) is 1.96. The molecule has 0 saturated carbocycles. The summed E-state index contributed by atoms with van der Waals surface area (Å²) >= 11 is 0. The zero-order valence-corrected chi connectivity index (χ0v) is 25.1. The summed E-state index contributed by atoms with van der Waals surface area (Å²) in [5.74, 6) is 1.50. The van der Waals surface area contributed by atoms with Crippen molar-refractivity contribution in [3.8, 4) is 61.9 Å². The van der Waals surface area contributed by atoms with Gasteiger partial charge in [-0.1, -0.05) is 103 Å². The van der Waals surface area contributed by atoms with E-state index in [4.69, 9.17) is 4.74 Å². The van der Waals surface area contributed by atoms with Crippen LogP contribution in [0.5, 0.6) is 11.5 Å². The highest BCUT2D eigenvalue weighted by atomic mass is 16.5. The molecule has 1 aliphatic heterocycles. The van der Waals surface area contributed by atoms with E-state index < -0.39 is 0 Å². The van der Waals surface area contributed by atoms with Crippen molar-refractivity contribution in [1.29, 1.82) is 0 Å². The zero-order valence-electron chi connectivity index (χ0n) is 25.1. The fourth-order valence-corrected chi connectivity index (χ4v) is 6.61. The van der Waals surface area contributed by atoms with Crippen LogP contribution in [0, 0.1) is 12.7 Å². The first-order valence-electron chi connectivity index (χ1n) is 15.3. The van der Waals surface area contributed by atoms with Gasteiger partial charge in [-0.3, -0.25) is 9.13 Å². The Kier molecular flexibility index (Phi) is 5.96. The Morgan fingerprint density at radius 1 is 0.543 bits per heavy atom. The Hall–Kier alpha value is -6.20. The van der Waals surface area contributed by atoms with Crippen molar-refractivity contribution in [2.45, 2.75) is 0 Å². The summed E-state index contributed by atoms with van der Waals surface area (Å²) in [6.45, 7) is 0. The van der Waals surface area contributed by atoms with Gasteiger partial charge in [0.15, 0.2) is 0 Å². The molecular formula is C41H28N4O. The highest BCUT2D eigenvalue weighted by molar-refractivity contribution is 6.00. The van der Waals surface area contributed by atoms with Crippen molar-refractivity contribution in [1.82, 2.24) is 9.13 Å². The summed E-state index contributed by atoms with van der Waals surface area (Å²) in [5, 5.41) is 0. The first kappa shape index (κ1) is 26.2. The number of benzene rings is 6. The number of imidazole rings is 2. The molecule has 2 aromatic heterocycles. The topological polar surface area (TPSA) is 26.8 Å². The van der Waals surface area contributed by atoms with E-state index in [1.807, 2.05) is 65.0 Å². The third-order valence-corrected chi connectivity index (χ3v) is 8.66. The summed E-state index contributed by atoms with van der Waals surface area (Å²) < 4.78 is 14.6. The van der Waals surface area contributed by atoms with Crippen LogP contribution in [0.2, 0.25) is 0 Å². The van der Waals surface area contributed by atoms with Gasteiger partial charge in [0.2, 0.25) is 6.33 Å². The summed E-state index contributed by atoms with van der Waals surface area (Å²) in [5.41, 5.74) is 12.3. The van der Waals surface area contributed by atoms with Gasteiger partial charge in [-0.2, -0.15) is 0 Å². The third-order valence-electron chi connectivity index (χ3n) is 8.66. The maximum absolute atomic E-state index is 6.42. The second-order valence-electron chi connectivity index (χ2n) is 11.5. The molecule has 0 fully saturated rings. The number of para-hydroxylation sites is 2. The lowest BCUT2D eigenvalue weighted by Crippen LogP contribution is -2.30. The quantitative estimate of drug-likeness (QED) is 0.149. The third kappa shape index (κ3) is 4.25. The van der Waals surface area contributed by atoms with Crippen molar-refractivity contribution >= 4 is 11.0 Å². The maximum atomic E-state index is 6.42. The molecule has 218 valence electrons.